The number of thiophene rings is 1. The Bertz CT molecular complexity index is 466. The zero-order valence-corrected chi connectivity index (χ0v) is 10.6. The summed E-state index contributed by atoms with van der Waals surface area (Å²) < 4.78 is 26.5. The van der Waals surface area contributed by atoms with E-state index in [4.69, 9.17) is 5.11 Å². The van der Waals surface area contributed by atoms with E-state index in [1.807, 2.05) is 0 Å². The Morgan fingerprint density at radius 2 is 2.25 bits per heavy atom. The first-order valence-electron chi connectivity index (χ1n) is 5.22. The van der Waals surface area contributed by atoms with E-state index in [9.17, 15) is 8.42 Å². The maximum atomic E-state index is 11.8. The maximum Gasteiger partial charge on any atom is 0.250 e. The van der Waals surface area contributed by atoms with Gasteiger partial charge in [0.05, 0.1) is 6.61 Å². The quantitative estimate of drug-likeness (QED) is 0.836. The van der Waals surface area contributed by atoms with Gasteiger partial charge in [-0.1, -0.05) is 6.92 Å². The first kappa shape index (κ1) is 12.0. The molecule has 6 heteroatoms. The SMILES string of the molecule is CC1CC1CNS(=O)(=O)c1ccc(CO)s1. The van der Waals surface area contributed by atoms with E-state index in [2.05, 4.69) is 11.6 Å². The highest BCUT2D eigenvalue weighted by molar-refractivity contribution is 7.91. The molecule has 1 aromatic heterocycles. The first-order valence-corrected chi connectivity index (χ1v) is 7.52. The third kappa shape index (κ3) is 2.63. The minimum absolute atomic E-state index is 0.111. The monoisotopic (exact) mass is 261 g/mol. The molecule has 1 aliphatic carbocycles. The van der Waals surface area contributed by atoms with Crippen LogP contribution < -0.4 is 4.72 Å². The van der Waals surface area contributed by atoms with Crippen LogP contribution in [0.25, 0.3) is 0 Å². The third-order valence-corrected chi connectivity index (χ3v) is 5.85. The van der Waals surface area contributed by atoms with Crippen molar-refractivity contribution in [3.05, 3.63) is 17.0 Å². The summed E-state index contributed by atoms with van der Waals surface area (Å²) in [6.07, 6.45) is 1.11. The molecule has 1 fully saturated rings. The molecule has 1 saturated carbocycles. The second-order valence-electron chi connectivity index (χ2n) is 4.20. The number of aliphatic hydroxyl groups is 1. The highest BCUT2D eigenvalue weighted by Gasteiger charge is 2.33. The van der Waals surface area contributed by atoms with Crippen LogP contribution in [0.15, 0.2) is 16.3 Å². The summed E-state index contributed by atoms with van der Waals surface area (Å²) in [6.45, 7) is 2.53. The Morgan fingerprint density at radius 3 is 2.75 bits per heavy atom. The maximum absolute atomic E-state index is 11.8. The number of hydrogen-bond acceptors (Lipinski definition) is 4. The van der Waals surface area contributed by atoms with Crippen molar-refractivity contribution in [3.8, 4) is 0 Å². The van der Waals surface area contributed by atoms with Gasteiger partial charge in [-0.3, -0.25) is 0 Å². The van der Waals surface area contributed by atoms with Crippen LogP contribution in [0, 0.1) is 11.8 Å². The normalized spacial score (nSPS) is 24.6. The Labute approximate surface area is 99.4 Å². The average Bonchev–Trinajstić information content (AvgIpc) is 2.78. The first-order chi connectivity index (χ1) is 7.53. The highest BCUT2D eigenvalue weighted by Crippen LogP contribution is 2.37. The molecule has 1 aromatic rings. The van der Waals surface area contributed by atoms with Gasteiger partial charge in [-0.05, 0) is 30.4 Å². The van der Waals surface area contributed by atoms with Crippen LogP contribution >= 0.6 is 11.3 Å². The second kappa shape index (κ2) is 4.44. The summed E-state index contributed by atoms with van der Waals surface area (Å²) in [6, 6.07) is 3.17. The fourth-order valence-electron chi connectivity index (χ4n) is 1.56. The Morgan fingerprint density at radius 1 is 1.56 bits per heavy atom. The van der Waals surface area contributed by atoms with Crippen molar-refractivity contribution in [3.63, 3.8) is 0 Å². The van der Waals surface area contributed by atoms with Gasteiger partial charge in [-0.15, -0.1) is 11.3 Å². The predicted octanol–water partition coefficient (Wildman–Crippen LogP) is 1.17. The second-order valence-corrected chi connectivity index (χ2v) is 7.37. The van der Waals surface area contributed by atoms with Gasteiger partial charge in [0.15, 0.2) is 0 Å². The van der Waals surface area contributed by atoms with Crippen LogP contribution in [0.3, 0.4) is 0 Å². The molecule has 1 heterocycles. The fraction of sp³-hybridized carbons (Fsp3) is 0.600. The lowest BCUT2D eigenvalue weighted by Gasteiger charge is -2.03. The number of aliphatic hydroxyl groups excluding tert-OH is 1. The lowest BCUT2D eigenvalue weighted by Crippen LogP contribution is -2.25. The van der Waals surface area contributed by atoms with Gasteiger partial charge in [0, 0.05) is 11.4 Å². The van der Waals surface area contributed by atoms with E-state index in [-0.39, 0.29) is 10.8 Å². The summed E-state index contributed by atoms with van der Waals surface area (Å²) in [7, 11) is -3.37. The highest BCUT2D eigenvalue weighted by atomic mass is 32.2. The van der Waals surface area contributed by atoms with Crippen molar-refractivity contribution in [2.75, 3.05) is 6.54 Å². The van der Waals surface area contributed by atoms with Crippen molar-refractivity contribution in [2.45, 2.75) is 24.2 Å². The van der Waals surface area contributed by atoms with Gasteiger partial charge in [0.25, 0.3) is 0 Å². The zero-order chi connectivity index (χ0) is 11.8. The fourth-order valence-corrected chi connectivity index (χ4v) is 3.91. The smallest absolute Gasteiger partial charge is 0.250 e. The molecule has 0 saturated heterocycles. The van der Waals surface area contributed by atoms with Crippen molar-refractivity contribution in [1.82, 2.24) is 4.72 Å². The number of nitrogens with one attached hydrogen (secondary N) is 1. The van der Waals surface area contributed by atoms with Crippen LogP contribution in [0.4, 0.5) is 0 Å². The molecule has 0 aliphatic heterocycles. The lowest BCUT2D eigenvalue weighted by atomic mass is 10.3. The summed E-state index contributed by atoms with van der Waals surface area (Å²) in [5, 5.41) is 8.87. The molecule has 2 rings (SSSR count). The van der Waals surface area contributed by atoms with E-state index in [1.165, 1.54) is 6.07 Å². The number of sulfonamides is 1. The Kier molecular flexibility index (Phi) is 3.34. The van der Waals surface area contributed by atoms with Gasteiger partial charge in [0.2, 0.25) is 10.0 Å². The Hall–Kier alpha value is -0.430. The Balaban J connectivity index is 2.00. The molecular weight excluding hydrogens is 246 g/mol. The van der Waals surface area contributed by atoms with E-state index < -0.39 is 10.0 Å². The largest absolute Gasteiger partial charge is 0.391 e. The van der Waals surface area contributed by atoms with Crippen LogP contribution in [0.1, 0.15) is 18.2 Å². The molecule has 4 nitrogen and oxygen atoms in total. The average molecular weight is 261 g/mol. The van der Waals surface area contributed by atoms with Crippen LogP contribution in [-0.4, -0.2) is 20.1 Å². The van der Waals surface area contributed by atoms with E-state index in [0.717, 1.165) is 17.8 Å². The van der Waals surface area contributed by atoms with E-state index in [1.54, 1.807) is 6.07 Å². The molecule has 2 N–H and O–H groups in total. The predicted molar refractivity (Wildman–Crippen MR) is 62.7 cm³/mol. The van der Waals surface area contributed by atoms with Gasteiger partial charge >= 0.3 is 0 Å². The third-order valence-electron chi connectivity index (χ3n) is 2.87. The number of rotatable bonds is 5. The van der Waals surface area contributed by atoms with Crippen LogP contribution in [0.5, 0.6) is 0 Å². The summed E-state index contributed by atoms with van der Waals surface area (Å²) >= 11 is 1.11. The zero-order valence-electron chi connectivity index (χ0n) is 9.01. The molecule has 0 spiro atoms. The molecule has 90 valence electrons. The molecule has 1 aliphatic rings. The van der Waals surface area contributed by atoms with Crippen LogP contribution in [-0.2, 0) is 16.6 Å². The molecule has 0 radical (unpaired) electrons. The van der Waals surface area contributed by atoms with Gasteiger partial charge in [-0.2, -0.15) is 0 Å². The van der Waals surface area contributed by atoms with E-state index in [0.29, 0.717) is 23.3 Å². The molecule has 0 aromatic carbocycles. The van der Waals surface area contributed by atoms with Crippen molar-refractivity contribution < 1.29 is 13.5 Å². The van der Waals surface area contributed by atoms with Crippen molar-refractivity contribution in [2.24, 2.45) is 11.8 Å². The summed E-state index contributed by atoms with van der Waals surface area (Å²) in [4.78, 5) is 0.667. The van der Waals surface area contributed by atoms with Gasteiger partial charge in [-0.25, -0.2) is 13.1 Å². The number of hydrogen-bond donors (Lipinski definition) is 2. The topological polar surface area (TPSA) is 66.4 Å². The minimum Gasteiger partial charge on any atom is -0.391 e. The van der Waals surface area contributed by atoms with Crippen molar-refractivity contribution in [1.29, 1.82) is 0 Å². The summed E-state index contributed by atoms with van der Waals surface area (Å²) in [5.74, 6) is 1.13. The molecule has 2 atom stereocenters. The van der Waals surface area contributed by atoms with Gasteiger partial charge in [0.1, 0.15) is 4.21 Å². The molecule has 0 amide bonds. The summed E-state index contributed by atoms with van der Waals surface area (Å²) in [5.41, 5.74) is 0. The molecule has 16 heavy (non-hydrogen) atoms. The minimum atomic E-state index is -3.37. The standard InChI is InChI=1S/C10H15NO3S2/c1-7-4-8(7)5-11-16(13,14)10-3-2-9(6-12)15-10/h2-3,7-8,11-12H,4-6H2,1H3. The van der Waals surface area contributed by atoms with Crippen molar-refractivity contribution >= 4 is 21.4 Å². The van der Waals surface area contributed by atoms with Crippen LogP contribution in [0.2, 0.25) is 0 Å². The molecular formula is C10H15NO3S2. The molecule has 0 bridgehead atoms. The molecule has 2 unspecified atom stereocenters. The lowest BCUT2D eigenvalue weighted by molar-refractivity contribution is 0.285. The van der Waals surface area contributed by atoms with Gasteiger partial charge < -0.3 is 5.11 Å². The van der Waals surface area contributed by atoms with E-state index >= 15 is 0 Å².